The number of aryl methyl sites for hydroxylation is 1. The maximum absolute atomic E-state index is 12.1. The van der Waals surface area contributed by atoms with Gasteiger partial charge in [0.2, 0.25) is 0 Å². The van der Waals surface area contributed by atoms with Gasteiger partial charge in [0.15, 0.2) is 6.61 Å². The Morgan fingerprint density at radius 1 is 1.15 bits per heavy atom. The highest BCUT2D eigenvalue weighted by molar-refractivity contribution is 5.95. The summed E-state index contributed by atoms with van der Waals surface area (Å²) in [6.45, 7) is 5.38. The number of carbonyl (C=O) groups is 1. The predicted octanol–water partition coefficient (Wildman–Crippen LogP) is 4.49. The molecule has 0 fully saturated rings. The number of carbonyl (C=O) groups excluding carboxylic acids is 1. The Balaban J connectivity index is 1.94. The van der Waals surface area contributed by atoms with E-state index in [1.54, 1.807) is 13.0 Å². The molecule has 140 valence electrons. The molecule has 0 spiro atoms. The summed E-state index contributed by atoms with van der Waals surface area (Å²) in [5.74, 6) is 0.0558. The Morgan fingerprint density at radius 3 is 2.59 bits per heavy atom. The second-order valence-electron chi connectivity index (χ2n) is 6.41. The summed E-state index contributed by atoms with van der Waals surface area (Å²) in [4.78, 5) is 23.9. The molecule has 1 heterocycles. The number of benzene rings is 2. The molecule has 0 amide bonds. The lowest BCUT2D eigenvalue weighted by atomic mass is 10.0. The van der Waals surface area contributed by atoms with Crippen LogP contribution in [0.4, 0.5) is 0 Å². The van der Waals surface area contributed by atoms with Gasteiger partial charge in [-0.25, -0.2) is 9.59 Å². The van der Waals surface area contributed by atoms with Crippen LogP contribution in [0.5, 0.6) is 5.75 Å². The molecule has 0 saturated heterocycles. The Morgan fingerprint density at radius 2 is 1.89 bits per heavy atom. The van der Waals surface area contributed by atoms with Crippen molar-refractivity contribution in [2.24, 2.45) is 0 Å². The fraction of sp³-hybridized carbons (Fsp3) is 0.273. The lowest BCUT2D eigenvalue weighted by Gasteiger charge is -2.14. The highest BCUT2D eigenvalue weighted by Crippen LogP contribution is 2.33. The lowest BCUT2D eigenvalue weighted by Crippen LogP contribution is -2.20. The molecule has 1 aromatic heterocycles. The number of ether oxygens (including phenoxy) is 2. The van der Waals surface area contributed by atoms with Gasteiger partial charge in [-0.3, -0.25) is 0 Å². The van der Waals surface area contributed by atoms with Gasteiger partial charge in [-0.1, -0.05) is 37.3 Å². The molecule has 0 bridgehead atoms. The summed E-state index contributed by atoms with van der Waals surface area (Å²) in [7, 11) is 0. The molecular formula is C22H22O5. The van der Waals surface area contributed by atoms with Crippen LogP contribution in [-0.2, 0) is 9.53 Å². The highest BCUT2D eigenvalue weighted by atomic mass is 16.6. The average molecular weight is 366 g/mol. The number of fused-ring (bicyclic) bond motifs is 1. The zero-order valence-corrected chi connectivity index (χ0v) is 15.7. The van der Waals surface area contributed by atoms with Gasteiger partial charge in [0.05, 0.1) is 6.10 Å². The van der Waals surface area contributed by atoms with Gasteiger partial charge >= 0.3 is 11.6 Å². The molecule has 0 aliphatic rings. The quantitative estimate of drug-likeness (QED) is 0.475. The van der Waals surface area contributed by atoms with Crippen molar-refractivity contribution < 1.29 is 18.7 Å². The van der Waals surface area contributed by atoms with Gasteiger partial charge in [-0.2, -0.15) is 0 Å². The second-order valence-corrected chi connectivity index (χ2v) is 6.41. The van der Waals surface area contributed by atoms with Crippen molar-refractivity contribution >= 4 is 16.9 Å². The normalized spacial score (nSPS) is 12.0. The maximum Gasteiger partial charge on any atom is 0.344 e. The van der Waals surface area contributed by atoms with E-state index in [1.165, 1.54) is 6.07 Å². The molecule has 1 unspecified atom stereocenters. The third-order valence-corrected chi connectivity index (χ3v) is 4.45. The molecule has 5 heteroatoms. The van der Waals surface area contributed by atoms with Crippen molar-refractivity contribution in [1.82, 2.24) is 0 Å². The zero-order valence-electron chi connectivity index (χ0n) is 15.7. The molecule has 3 rings (SSSR count). The second kappa shape index (κ2) is 8.08. The van der Waals surface area contributed by atoms with Crippen molar-refractivity contribution in [2.75, 3.05) is 6.61 Å². The first-order valence-corrected chi connectivity index (χ1v) is 8.94. The van der Waals surface area contributed by atoms with Gasteiger partial charge in [0.1, 0.15) is 11.3 Å². The molecular weight excluding hydrogens is 344 g/mol. The van der Waals surface area contributed by atoms with Crippen LogP contribution in [0.25, 0.3) is 22.1 Å². The van der Waals surface area contributed by atoms with Crippen molar-refractivity contribution in [1.29, 1.82) is 0 Å². The molecule has 0 saturated carbocycles. The van der Waals surface area contributed by atoms with E-state index in [0.717, 1.165) is 22.9 Å². The fourth-order valence-electron chi connectivity index (χ4n) is 2.83. The monoisotopic (exact) mass is 366 g/mol. The van der Waals surface area contributed by atoms with Crippen LogP contribution < -0.4 is 10.4 Å². The van der Waals surface area contributed by atoms with Crippen LogP contribution in [0, 0.1) is 6.92 Å². The topological polar surface area (TPSA) is 65.7 Å². The minimum absolute atomic E-state index is 0.148. The van der Waals surface area contributed by atoms with Crippen LogP contribution in [0.1, 0.15) is 25.8 Å². The van der Waals surface area contributed by atoms with Gasteiger partial charge in [0, 0.05) is 17.0 Å². The van der Waals surface area contributed by atoms with E-state index < -0.39 is 11.6 Å². The Labute approximate surface area is 157 Å². The van der Waals surface area contributed by atoms with E-state index in [1.807, 2.05) is 50.2 Å². The Hall–Kier alpha value is -3.08. The maximum atomic E-state index is 12.1. The average Bonchev–Trinajstić information content (AvgIpc) is 2.68. The predicted molar refractivity (Wildman–Crippen MR) is 104 cm³/mol. The van der Waals surface area contributed by atoms with E-state index in [9.17, 15) is 9.59 Å². The van der Waals surface area contributed by atoms with Crippen molar-refractivity contribution in [3.8, 4) is 16.9 Å². The number of hydrogen-bond donors (Lipinski definition) is 0. The summed E-state index contributed by atoms with van der Waals surface area (Å²) in [5, 5.41) is 0.813. The van der Waals surface area contributed by atoms with Gasteiger partial charge < -0.3 is 13.9 Å². The van der Waals surface area contributed by atoms with Crippen molar-refractivity contribution in [2.45, 2.75) is 33.3 Å². The third-order valence-electron chi connectivity index (χ3n) is 4.45. The molecule has 0 N–H and O–H groups in total. The Bertz CT molecular complexity index is 1000. The smallest absolute Gasteiger partial charge is 0.344 e. The van der Waals surface area contributed by atoms with Crippen LogP contribution in [-0.4, -0.2) is 18.7 Å². The summed E-state index contributed by atoms with van der Waals surface area (Å²) >= 11 is 0. The largest absolute Gasteiger partial charge is 0.481 e. The van der Waals surface area contributed by atoms with E-state index in [2.05, 4.69) is 0 Å². The van der Waals surface area contributed by atoms with Crippen LogP contribution in [0.2, 0.25) is 0 Å². The summed E-state index contributed by atoms with van der Waals surface area (Å²) in [6.07, 6.45) is 0.596. The van der Waals surface area contributed by atoms with Crippen LogP contribution in [0.15, 0.2) is 57.7 Å². The molecule has 0 aliphatic heterocycles. The summed E-state index contributed by atoms with van der Waals surface area (Å²) in [6, 6.07) is 14.8. The molecule has 1 atom stereocenters. The standard InChI is InChI=1S/C22H22O5/c1-4-14(2)26-21(24)13-25-19-11-10-17-18(16-8-6-5-7-9-16)12-20(23)27-22(17)15(19)3/h5-12,14H,4,13H2,1-3H3. The molecule has 2 aromatic carbocycles. The zero-order chi connectivity index (χ0) is 19.4. The van der Waals surface area contributed by atoms with Crippen molar-refractivity contribution in [3.05, 3.63) is 64.5 Å². The Kier molecular flexibility index (Phi) is 5.60. The SMILES string of the molecule is CCC(C)OC(=O)COc1ccc2c(-c3ccccc3)cc(=O)oc2c1C. The van der Waals surface area contributed by atoms with Gasteiger partial charge in [-0.05, 0) is 43.5 Å². The van der Waals surface area contributed by atoms with Gasteiger partial charge in [0.25, 0.3) is 0 Å². The number of hydrogen-bond acceptors (Lipinski definition) is 5. The highest BCUT2D eigenvalue weighted by Gasteiger charge is 2.15. The van der Waals surface area contributed by atoms with E-state index in [-0.39, 0.29) is 12.7 Å². The first kappa shape index (κ1) is 18.7. The number of rotatable bonds is 6. The van der Waals surface area contributed by atoms with Crippen LogP contribution in [0.3, 0.4) is 0 Å². The minimum Gasteiger partial charge on any atom is -0.481 e. The molecule has 27 heavy (non-hydrogen) atoms. The van der Waals surface area contributed by atoms with Gasteiger partial charge in [-0.15, -0.1) is 0 Å². The van der Waals surface area contributed by atoms with E-state index in [4.69, 9.17) is 13.9 Å². The van der Waals surface area contributed by atoms with E-state index >= 15 is 0 Å². The molecule has 3 aromatic rings. The summed E-state index contributed by atoms with van der Waals surface area (Å²) in [5.41, 5.74) is 2.42. The first-order chi connectivity index (χ1) is 13.0. The third kappa shape index (κ3) is 4.19. The molecule has 0 aliphatic carbocycles. The van der Waals surface area contributed by atoms with Crippen LogP contribution >= 0.6 is 0 Å². The summed E-state index contributed by atoms with van der Waals surface area (Å²) < 4.78 is 16.2. The van der Waals surface area contributed by atoms with E-state index in [0.29, 0.717) is 16.9 Å². The molecule has 5 nitrogen and oxygen atoms in total. The van der Waals surface area contributed by atoms with Crippen molar-refractivity contribution in [3.63, 3.8) is 0 Å². The lowest BCUT2D eigenvalue weighted by molar-refractivity contribution is -0.150. The molecule has 0 radical (unpaired) electrons. The minimum atomic E-state index is -0.433. The number of esters is 1. The first-order valence-electron chi connectivity index (χ1n) is 8.94. The fourth-order valence-corrected chi connectivity index (χ4v) is 2.83.